The highest BCUT2D eigenvalue weighted by atomic mass is 32.2. The number of hydrogen-bond donors (Lipinski definition) is 6. The number of carbonyl (C=O) groups excluding carboxylic acids is 4. The number of carboxylic acid groups (broad SMARTS) is 1. The Hall–Kier alpha value is -3.12. The minimum absolute atomic E-state index is 0.0160. The SMILES string of the molecule is CSCCC(NC(=O)C(CCC(N)=O)NC(=O)C(CC(C)C)NC(=O)C(N)Cc1ccccc1)C(=O)O. The Bertz CT molecular complexity index is 914. The van der Waals surface area contributed by atoms with E-state index in [-0.39, 0.29) is 38.0 Å². The number of nitrogens with one attached hydrogen (secondary N) is 3. The predicted molar refractivity (Wildman–Crippen MR) is 142 cm³/mol. The average Bonchev–Trinajstić information content (AvgIpc) is 2.83. The molecule has 0 aromatic heterocycles. The largest absolute Gasteiger partial charge is 0.480 e. The number of rotatable bonds is 17. The fourth-order valence-electron chi connectivity index (χ4n) is 3.54. The Balaban J connectivity index is 2.97. The molecule has 37 heavy (non-hydrogen) atoms. The fourth-order valence-corrected chi connectivity index (χ4v) is 4.01. The third-order valence-corrected chi connectivity index (χ3v) is 6.16. The van der Waals surface area contributed by atoms with Gasteiger partial charge in [-0.3, -0.25) is 19.2 Å². The quantitative estimate of drug-likeness (QED) is 0.162. The summed E-state index contributed by atoms with van der Waals surface area (Å²) in [6.45, 7) is 3.74. The molecule has 1 aromatic rings. The first-order valence-corrected chi connectivity index (χ1v) is 13.5. The van der Waals surface area contributed by atoms with E-state index in [0.717, 1.165) is 5.56 Å². The minimum atomic E-state index is -1.22. The predicted octanol–water partition coefficient (Wildman–Crippen LogP) is 0.160. The van der Waals surface area contributed by atoms with Crippen LogP contribution < -0.4 is 27.4 Å². The smallest absolute Gasteiger partial charge is 0.326 e. The molecule has 4 unspecified atom stereocenters. The highest BCUT2D eigenvalue weighted by molar-refractivity contribution is 7.98. The summed E-state index contributed by atoms with van der Waals surface area (Å²) in [7, 11) is 0. The number of carbonyl (C=O) groups is 5. The first-order valence-electron chi connectivity index (χ1n) is 12.1. The zero-order valence-corrected chi connectivity index (χ0v) is 22.4. The lowest BCUT2D eigenvalue weighted by Crippen LogP contribution is -2.57. The van der Waals surface area contributed by atoms with Crippen molar-refractivity contribution in [1.82, 2.24) is 16.0 Å². The van der Waals surface area contributed by atoms with E-state index in [1.165, 1.54) is 11.8 Å². The lowest BCUT2D eigenvalue weighted by molar-refractivity contribution is -0.142. The van der Waals surface area contributed by atoms with Crippen molar-refractivity contribution in [2.45, 2.75) is 70.1 Å². The van der Waals surface area contributed by atoms with Gasteiger partial charge in [0.05, 0.1) is 6.04 Å². The molecule has 0 aliphatic carbocycles. The molecule has 12 heteroatoms. The third kappa shape index (κ3) is 12.6. The molecule has 0 saturated carbocycles. The average molecular weight is 538 g/mol. The number of thioether (sulfide) groups is 1. The van der Waals surface area contributed by atoms with Gasteiger partial charge in [0, 0.05) is 6.42 Å². The molecule has 11 nitrogen and oxygen atoms in total. The first kappa shape index (κ1) is 31.9. The molecule has 4 atom stereocenters. The number of carboxylic acids is 1. The van der Waals surface area contributed by atoms with E-state index < -0.39 is 53.8 Å². The van der Waals surface area contributed by atoms with Crippen LogP contribution in [0.25, 0.3) is 0 Å². The normalized spacial score (nSPS) is 14.2. The van der Waals surface area contributed by atoms with Gasteiger partial charge < -0.3 is 32.5 Å². The molecule has 0 aliphatic rings. The molecule has 8 N–H and O–H groups in total. The van der Waals surface area contributed by atoms with Gasteiger partial charge in [-0.15, -0.1) is 0 Å². The Kier molecular flexibility index (Phi) is 14.3. The van der Waals surface area contributed by atoms with Crippen LogP contribution in [0.3, 0.4) is 0 Å². The molecule has 0 aliphatic heterocycles. The molecule has 0 radical (unpaired) electrons. The summed E-state index contributed by atoms with van der Waals surface area (Å²) < 4.78 is 0. The van der Waals surface area contributed by atoms with Crippen LogP contribution in [0.4, 0.5) is 0 Å². The molecular formula is C25H39N5O6S. The van der Waals surface area contributed by atoms with Gasteiger partial charge in [0.15, 0.2) is 0 Å². The van der Waals surface area contributed by atoms with Gasteiger partial charge in [0.25, 0.3) is 0 Å². The summed E-state index contributed by atoms with van der Waals surface area (Å²) >= 11 is 1.43. The highest BCUT2D eigenvalue weighted by Gasteiger charge is 2.30. The van der Waals surface area contributed by atoms with Crippen LogP contribution in [0.2, 0.25) is 0 Å². The molecule has 0 heterocycles. The van der Waals surface area contributed by atoms with E-state index in [1.807, 2.05) is 50.4 Å². The van der Waals surface area contributed by atoms with Crippen LogP contribution in [0.5, 0.6) is 0 Å². The summed E-state index contributed by atoms with van der Waals surface area (Å²) in [4.78, 5) is 61.7. The maximum absolute atomic E-state index is 13.2. The van der Waals surface area contributed by atoms with Crippen LogP contribution in [0.1, 0.15) is 45.1 Å². The van der Waals surface area contributed by atoms with Gasteiger partial charge in [-0.25, -0.2) is 4.79 Å². The minimum Gasteiger partial charge on any atom is -0.480 e. The zero-order valence-electron chi connectivity index (χ0n) is 21.6. The fraction of sp³-hybridized carbons (Fsp3) is 0.560. The standard InChI is InChI=1S/C25H39N5O6S/c1-15(2)13-20(30-22(32)17(26)14-16-7-5-4-6-8-16)24(34)28-18(9-10-21(27)31)23(33)29-19(25(35)36)11-12-37-3/h4-8,15,17-20H,9-14,26H2,1-3H3,(H2,27,31)(H,28,34)(H,29,33)(H,30,32)(H,35,36). The van der Waals surface area contributed by atoms with Crippen molar-refractivity contribution in [2.75, 3.05) is 12.0 Å². The molecule has 0 spiro atoms. The maximum Gasteiger partial charge on any atom is 0.326 e. The van der Waals surface area contributed by atoms with Crippen LogP contribution in [0, 0.1) is 5.92 Å². The first-order chi connectivity index (χ1) is 17.4. The summed E-state index contributed by atoms with van der Waals surface area (Å²) in [5.41, 5.74) is 12.2. The summed E-state index contributed by atoms with van der Waals surface area (Å²) in [5, 5.41) is 17.1. The molecule has 1 rings (SSSR count). The van der Waals surface area contributed by atoms with Gasteiger partial charge in [-0.2, -0.15) is 11.8 Å². The van der Waals surface area contributed by atoms with Crippen molar-refractivity contribution in [3.8, 4) is 0 Å². The summed E-state index contributed by atoms with van der Waals surface area (Å²) in [6, 6.07) is 4.94. The molecule has 206 valence electrons. The Labute approximate surface area is 221 Å². The molecule has 4 amide bonds. The van der Waals surface area contributed by atoms with Crippen molar-refractivity contribution in [1.29, 1.82) is 0 Å². The molecular weight excluding hydrogens is 498 g/mol. The molecule has 0 bridgehead atoms. The second-order valence-electron chi connectivity index (χ2n) is 9.23. The number of nitrogens with two attached hydrogens (primary N) is 2. The number of benzene rings is 1. The van der Waals surface area contributed by atoms with Crippen molar-refractivity contribution >= 4 is 41.4 Å². The number of aliphatic carboxylic acids is 1. The van der Waals surface area contributed by atoms with Crippen LogP contribution in [-0.2, 0) is 30.4 Å². The Morgan fingerprint density at radius 2 is 1.46 bits per heavy atom. The van der Waals surface area contributed by atoms with Crippen molar-refractivity contribution in [3.63, 3.8) is 0 Å². The molecule has 0 saturated heterocycles. The van der Waals surface area contributed by atoms with Gasteiger partial charge in [0.2, 0.25) is 23.6 Å². The third-order valence-electron chi connectivity index (χ3n) is 5.51. The van der Waals surface area contributed by atoms with E-state index in [1.54, 1.807) is 0 Å². The van der Waals surface area contributed by atoms with E-state index in [0.29, 0.717) is 5.75 Å². The van der Waals surface area contributed by atoms with Crippen LogP contribution >= 0.6 is 11.8 Å². The maximum atomic E-state index is 13.2. The second-order valence-corrected chi connectivity index (χ2v) is 10.2. The zero-order chi connectivity index (χ0) is 28.0. The lowest BCUT2D eigenvalue weighted by Gasteiger charge is -2.26. The monoisotopic (exact) mass is 537 g/mol. The Morgan fingerprint density at radius 3 is 2.00 bits per heavy atom. The van der Waals surface area contributed by atoms with Gasteiger partial charge >= 0.3 is 5.97 Å². The number of primary amides is 1. The van der Waals surface area contributed by atoms with Crippen molar-refractivity contribution < 1.29 is 29.1 Å². The Morgan fingerprint density at radius 1 is 0.892 bits per heavy atom. The van der Waals surface area contributed by atoms with Crippen LogP contribution in [0.15, 0.2) is 30.3 Å². The number of hydrogen-bond acceptors (Lipinski definition) is 7. The van der Waals surface area contributed by atoms with Crippen molar-refractivity contribution in [3.05, 3.63) is 35.9 Å². The van der Waals surface area contributed by atoms with Crippen LogP contribution in [-0.4, -0.2) is 70.9 Å². The topological polar surface area (TPSA) is 194 Å². The second kappa shape index (κ2) is 16.6. The van der Waals surface area contributed by atoms with Gasteiger partial charge in [0.1, 0.15) is 18.1 Å². The van der Waals surface area contributed by atoms with Gasteiger partial charge in [-0.05, 0) is 49.2 Å². The molecule has 1 aromatic carbocycles. The number of amides is 4. The molecule has 0 fully saturated rings. The highest BCUT2D eigenvalue weighted by Crippen LogP contribution is 2.09. The lowest BCUT2D eigenvalue weighted by atomic mass is 10.0. The summed E-state index contributed by atoms with van der Waals surface area (Å²) in [5.74, 6) is -3.29. The van der Waals surface area contributed by atoms with Crippen molar-refractivity contribution in [2.24, 2.45) is 17.4 Å². The van der Waals surface area contributed by atoms with E-state index in [2.05, 4.69) is 16.0 Å². The summed E-state index contributed by atoms with van der Waals surface area (Å²) in [6.07, 6.45) is 2.21. The van der Waals surface area contributed by atoms with E-state index >= 15 is 0 Å². The van der Waals surface area contributed by atoms with Gasteiger partial charge in [-0.1, -0.05) is 44.2 Å². The van der Waals surface area contributed by atoms with E-state index in [9.17, 15) is 29.1 Å². The van der Waals surface area contributed by atoms with E-state index in [4.69, 9.17) is 11.5 Å².